The molecule has 5 heteroatoms. The zero-order valence-corrected chi connectivity index (χ0v) is 12.0. The molecule has 0 aliphatic carbocycles. The van der Waals surface area contributed by atoms with Crippen LogP contribution in [-0.2, 0) is 13.5 Å². The Morgan fingerprint density at radius 2 is 1.89 bits per heavy atom. The molecule has 0 saturated heterocycles. The van der Waals surface area contributed by atoms with Gasteiger partial charge in [0, 0.05) is 19.3 Å². The summed E-state index contributed by atoms with van der Waals surface area (Å²) in [6.07, 6.45) is 5.59. The molecule has 1 heterocycles. The Morgan fingerprint density at radius 3 is 2.44 bits per heavy atom. The van der Waals surface area contributed by atoms with Crippen LogP contribution in [0.2, 0.25) is 0 Å². The molecule has 3 nitrogen and oxygen atoms in total. The highest BCUT2D eigenvalue weighted by molar-refractivity contribution is 5.85. The van der Waals surface area contributed by atoms with Gasteiger partial charge >= 0.3 is 0 Å². The maximum absolute atomic E-state index is 6.13. The minimum atomic E-state index is 0. The van der Waals surface area contributed by atoms with Crippen molar-refractivity contribution in [1.82, 2.24) is 9.55 Å². The highest BCUT2D eigenvalue weighted by Gasteiger charge is 2.09. The zero-order chi connectivity index (χ0) is 11.4. The van der Waals surface area contributed by atoms with Crippen molar-refractivity contribution in [3.05, 3.63) is 54.1 Å². The molecule has 0 radical (unpaired) electrons. The number of benzene rings is 1. The van der Waals surface area contributed by atoms with E-state index in [1.165, 1.54) is 5.56 Å². The van der Waals surface area contributed by atoms with Gasteiger partial charge in [0.05, 0.1) is 12.0 Å². The van der Waals surface area contributed by atoms with Crippen LogP contribution in [0.3, 0.4) is 0 Å². The molecule has 1 atom stereocenters. The summed E-state index contributed by atoms with van der Waals surface area (Å²) < 4.78 is 1.98. The lowest BCUT2D eigenvalue weighted by molar-refractivity contribution is 0.607. The average Bonchev–Trinajstić information content (AvgIpc) is 2.74. The Hall–Kier alpha value is -1.03. The molecule has 0 aliphatic rings. The van der Waals surface area contributed by atoms with Crippen molar-refractivity contribution >= 4 is 24.8 Å². The second kappa shape index (κ2) is 8.14. The molecule has 100 valence electrons. The summed E-state index contributed by atoms with van der Waals surface area (Å²) in [4.78, 5) is 4.08. The molecular formula is C13H19Cl2N3. The number of nitrogens with two attached hydrogens (primary N) is 1. The monoisotopic (exact) mass is 287 g/mol. The van der Waals surface area contributed by atoms with Gasteiger partial charge in [0.1, 0.15) is 0 Å². The quantitative estimate of drug-likeness (QED) is 0.940. The Morgan fingerprint density at radius 1 is 1.22 bits per heavy atom. The molecule has 1 unspecified atom stereocenters. The number of aromatic nitrogens is 2. The molecule has 1 aromatic heterocycles. The summed E-state index contributed by atoms with van der Waals surface area (Å²) in [5, 5.41) is 0. The zero-order valence-electron chi connectivity index (χ0n) is 10.3. The fraction of sp³-hybridized carbons (Fsp3) is 0.308. The Kier molecular flexibility index (Phi) is 7.67. The molecule has 0 fully saturated rings. The van der Waals surface area contributed by atoms with Crippen LogP contribution in [0.25, 0.3) is 0 Å². The van der Waals surface area contributed by atoms with Crippen LogP contribution in [0.4, 0.5) is 0 Å². The molecule has 0 saturated carbocycles. The largest absolute Gasteiger partial charge is 0.336 e. The average molecular weight is 288 g/mol. The highest BCUT2D eigenvalue weighted by atomic mass is 35.5. The van der Waals surface area contributed by atoms with Crippen LogP contribution >= 0.6 is 24.8 Å². The van der Waals surface area contributed by atoms with Gasteiger partial charge in [0.25, 0.3) is 0 Å². The fourth-order valence-corrected chi connectivity index (χ4v) is 1.84. The van der Waals surface area contributed by atoms with Crippen LogP contribution in [-0.4, -0.2) is 9.55 Å². The van der Waals surface area contributed by atoms with E-state index in [2.05, 4.69) is 29.2 Å². The van der Waals surface area contributed by atoms with Crippen molar-refractivity contribution in [2.24, 2.45) is 12.8 Å². The van der Waals surface area contributed by atoms with E-state index in [-0.39, 0.29) is 30.9 Å². The predicted molar refractivity (Wildman–Crippen MR) is 79.4 cm³/mol. The van der Waals surface area contributed by atoms with Gasteiger partial charge in [-0.15, -0.1) is 24.8 Å². The first-order valence-corrected chi connectivity index (χ1v) is 5.53. The van der Waals surface area contributed by atoms with E-state index in [4.69, 9.17) is 5.73 Å². The predicted octanol–water partition coefficient (Wildman–Crippen LogP) is 2.90. The Bertz CT molecular complexity index is 443. The first-order valence-electron chi connectivity index (χ1n) is 5.53. The molecule has 2 rings (SSSR count). The third kappa shape index (κ3) is 4.33. The van der Waals surface area contributed by atoms with Crippen LogP contribution in [0.1, 0.15) is 23.7 Å². The first-order chi connectivity index (χ1) is 7.77. The van der Waals surface area contributed by atoms with Crippen molar-refractivity contribution in [3.8, 4) is 0 Å². The summed E-state index contributed by atoms with van der Waals surface area (Å²) in [7, 11) is 1.98. The third-order valence-corrected chi connectivity index (χ3v) is 2.82. The summed E-state index contributed by atoms with van der Waals surface area (Å²) >= 11 is 0. The van der Waals surface area contributed by atoms with Gasteiger partial charge in [-0.25, -0.2) is 4.98 Å². The minimum Gasteiger partial charge on any atom is -0.336 e. The smallest absolute Gasteiger partial charge is 0.0946 e. The van der Waals surface area contributed by atoms with Gasteiger partial charge in [-0.05, 0) is 18.4 Å². The maximum atomic E-state index is 6.13. The number of rotatable bonds is 4. The SMILES string of the molecule is Cl.Cl.Cn1cncc1C(N)CCc1ccccc1. The second-order valence-corrected chi connectivity index (χ2v) is 4.06. The van der Waals surface area contributed by atoms with Crippen LogP contribution in [0, 0.1) is 0 Å². The molecule has 1 aromatic carbocycles. The standard InChI is InChI=1S/C13H17N3.2ClH/c1-16-10-15-9-13(16)12(14)8-7-11-5-3-2-4-6-11;;/h2-6,9-10,12H,7-8,14H2,1H3;2*1H. The van der Waals surface area contributed by atoms with Crippen LogP contribution < -0.4 is 5.73 Å². The van der Waals surface area contributed by atoms with Gasteiger partial charge < -0.3 is 10.3 Å². The molecule has 2 aromatic rings. The molecule has 0 spiro atoms. The second-order valence-electron chi connectivity index (χ2n) is 4.06. The van der Waals surface area contributed by atoms with Crippen molar-refractivity contribution in [2.75, 3.05) is 0 Å². The van der Waals surface area contributed by atoms with Crippen molar-refractivity contribution < 1.29 is 0 Å². The Labute approximate surface area is 120 Å². The highest BCUT2D eigenvalue weighted by Crippen LogP contribution is 2.15. The molecule has 2 N–H and O–H groups in total. The van der Waals surface area contributed by atoms with Crippen LogP contribution in [0.15, 0.2) is 42.9 Å². The van der Waals surface area contributed by atoms with Gasteiger partial charge in [0.15, 0.2) is 0 Å². The molecule has 0 aliphatic heterocycles. The van der Waals surface area contributed by atoms with E-state index in [1.54, 1.807) is 6.33 Å². The van der Waals surface area contributed by atoms with Gasteiger partial charge in [-0.1, -0.05) is 30.3 Å². The lowest BCUT2D eigenvalue weighted by Gasteiger charge is -2.11. The summed E-state index contributed by atoms with van der Waals surface area (Å²) in [6, 6.07) is 10.5. The van der Waals surface area contributed by atoms with Crippen LogP contribution in [0.5, 0.6) is 0 Å². The van der Waals surface area contributed by atoms with E-state index in [1.807, 2.05) is 23.9 Å². The van der Waals surface area contributed by atoms with E-state index >= 15 is 0 Å². The molecule has 0 bridgehead atoms. The summed E-state index contributed by atoms with van der Waals surface area (Å²) in [5.41, 5.74) is 8.55. The van der Waals surface area contributed by atoms with E-state index in [0.29, 0.717) is 0 Å². The first kappa shape index (κ1) is 17.0. The fourth-order valence-electron chi connectivity index (χ4n) is 1.84. The number of hydrogen-bond donors (Lipinski definition) is 1. The number of aryl methyl sites for hydroxylation is 2. The molecular weight excluding hydrogens is 269 g/mol. The summed E-state index contributed by atoms with van der Waals surface area (Å²) in [6.45, 7) is 0. The number of nitrogens with zero attached hydrogens (tertiary/aromatic N) is 2. The number of imidazole rings is 1. The van der Waals surface area contributed by atoms with E-state index < -0.39 is 0 Å². The topological polar surface area (TPSA) is 43.8 Å². The normalized spacial score (nSPS) is 11.2. The van der Waals surface area contributed by atoms with Crippen molar-refractivity contribution in [3.63, 3.8) is 0 Å². The van der Waals surface area contributed by atoms with Gasteiger partial charge in [-0.3, -0.25) is 0 Å². The van der Waals surface area contributed by atoms with E-state index in [0.717, 1.165) is 18.5 Å². The van der Waals surface area contributed by atoms with Gasteiger partial charge in [-0.2, -0.15) is 0 Å². The van der Waals surface area contributed by atoms with Crippen molar-refractivity contribution in [2.45, 2.75) is 18.9 Å². The molecule has 18 heavy (non-hydrogen) atoms. The number of hydrogen-bond acceptors (Lipinski definition) is 2. The summed E-state index contributed by atoms with van der Waals surface area (Å²) in [5.74, 6) is 0. The number of halogens is 2. The lowest BCUT2D eigenvalue weighted by Crippen LogP contribution is -2.14. The Balaban J connectivity index is 0.00000144. The lowest BCUT2D eigenvalue weighted by atomic mass is 10.0. The molecule has 0 amide bonds. The van der Waals surface area contributed by atoms with Gasteiger partial charge in [0.2, 0.25) is 0 Å². The maximum Gasteiger partial charge on any atom is 0.0946 e. The third-order valence-electron chi connectivity index (χ3n) is 2.82. The van der Waals surface area contributed by atoms with E-state index in [9.17, 15) is 0 Å². The minimum absolute atomic E-state index is 0. The van der Waals surface area contributed by atoms with Crippen molar-refractivity contribution in [1.29, 1.82) is 0 Å².